The number of nitrogens with two attached hydrogens (primary N) is 1. The molecule has 0 aromatic carbocycles. The first-order valence-corrected chi connectivity index (χ1v) is 3.20. The molecule has 2 heteroatoms. The first-order chi connectivity index (χ1) is 4.09. The third-order valence-corrected chi connectivity index (χ3v) is 1.36. The maximum atomic E-state index is 9.03. The average Bonchev–Trinajstić information content (AvgIpc) is 1.84. The molecule has 2 nitrogen and oxygen atoms in total. The molecule has 0 saturated heterocycles. The summed E-state index contributed by atoms with van der Waals surface area (Å²) in [5, 5.41) is 9.03. The molecule has 0 amide bonds. The Balaban J connectivity index is 3.88. The van der Waals surface area contributed by atoms with Crippen LogP contribution in [0.5, 0.6) is 0 Å². The van der Waals surface area contributed by atoms with Crippen LogP contribution in [0.3, 0.4) is 0 Å². The minimum absolute atomic E-state index is 0.199. The van der Waals surface area contributed by atoms with E-state index in [4.69, 9.17) is 10.8 Å². The zero-order valence-corrected chi connectivity index (χ0v) is 6.26. The summed E-state index contributed by atoms with van der Waals surface area (Å²) in [4.78, 5) is 0. The lowest BCUT2D eigenvalue weighted by atomic mass is 10.0. The number of hydrogen-bond acceptors (Lipinski definition) is 2. The summed E-state index contributed by atoms with van der Waals surface area (Å²) in [5.74, 6) is 0.589. The van der Waals surface area contributed by atoms with Crippen molar-refractivity contribution in [2.45, 2.75) is 26.8 Å². The summed E-state index contributed by atoms with van der Waals surface area (Å²) in [6.07, 6.45) is 1.63. The van der Waals surface area contributed by atoms with Crippen LogP contribution < -0.4 is 5.73 Å². The van der Waals surface area contributed by atoms with Gasteiger partial charge < -0.3 is 10.8 Å². The summed E-state index contributed by atoms with van der Waals surface area (Å²) < 4.78 is 0. The third kappa shape index (κ3) is 2.51. The van der Waals surface area contributed by atoms with Crippen LogP contribution in [0.2, 0.25) is 0 Å². The number of aliphatic hydroxyl groups excluding tert-OH is 1. The number of hydrogen-bond donors (Lipinski definition) is 2. The molecule has 0 fully saturated rings. The second-order valence-electron chi connectivity index (χ2n) is 2.48. The van der Waals surface area contributed by atoms with E-state index in [1.807, 2.05) is 13.8 Å². The maximum Gasteiger partial charge on any atom is 0.105 e. The van der Waals surface area contributed by atoms with E-state index in [0.29, 0.717) is 5.92 Å². The first-order valence-electron chi connectivity index (χ1n) is 3.20. The van der Waals surface area contributed by atoms with Gasteiger partial charge in [0.05, 0.1) is 6.04 Å². The number of rotatable bonds is 2. The quantitative estimate of drug-likeness (QED) is 0.554. The molecule has 54 valence electrons. The van der Waals surface area contributed by atoms with Gasteiger partial charge in [0.1, 0.15) is 5.76 Å². The molecule has 9 heavy (non-hydrogen) atoms. The zero-order chi connectivity index (χ0) is 7.44. The smallest absolute Gasteiger partial charge is 0.105 e. The molecule has 0 rings (SSSR count). The maximum absolute atomic E-state index is 9.03. The van der Waals surface area contributed by atoms with Crippen molar-refractivity contribution in [3.8, 4) is 0 Å². The Kier molecular flexibility index (Phi) is 3.32. The first kappa shape index (κ1) is 8.50. The SMILES string of the molecule is C/C=C(/O)C(N)C(C)C. The van der Waals surface area contributed by atoms with Crippen molar-refractivity contribution in [3.05, 3.63) is 11.8 Å². The highest BCUT2D eigenvalue weighted by molar-refractivity contribution is 4.99. The number of allylic oxidation sites excluding steroid dienone is 1. The topological polar surface area (TPSA) is 46.2 Å². The van der Waals surface area contributed by atoms with Crippen LogP contribution in [0, 0.1) is 5.92 Å². The zero-order valence-electron chi connectivity index (χ0n) is 6.26. The average molecular weight is 129 g/mol. The molecule has 0 heterocycles. The van der Waals surface area contributed by atoms with Gasteiger partial charge in [-0.15, -0.1) is 0 Å². The van der Waals surface area contributed by atoms with Gasteiger partial charge in [-0.25, -0.2) is 0 Å². The van der Waals surface area contributed by atoms with E-state index < -0.39 is 0 Å². The molecule has 1 atom stereocenters. The van der Waals surface area contributed by atoms with Crippen LogP contribution in [-0.2, 0) is 0 Å². The van der Waals surface area contributed by atoms with Crippen LogP contribution in [0.1, 0.15) is 20.8 Å². The van der Waals surface area contributed by atoms with Crippen LogP contribution in [0.4, 0.5) is 0 Å². The van der Waals surface area contributed by atoms with Gasteiger partial charge in [0, 0.05) is 0 Å². The molecule has 3 N–H and O–H groups in total. The van der Waals surface area contributed by atoms with E-state index in [1.54, 1.807) is 13.0 Å². The minimum Gasteiger partial charge on any atom is -0.511 e. The molecule has 0 radical (unpaired) electrons. The fourth-order valence-corrected chi connectivity index (χ4v) is 0.534. The van der Waals surface area contributed by atoms with Crippen molar-refractivity contribution in [2.75, 3.05) is 0 Å². The van der Waals surface area contributed by atoms with E-state index >= 15 is 0 Å². The Labute approximate surface area is 56.4 Å². The summed E-state index contributed by atoms with van der Waals surface area (Å²) in [6.45, 7) is 5.73. The molecule has 0 aliphatic rings. The molecule has 0 aromatic heterocycles. The molecule has 1 unspecified atom stereocenters. The lowest BCUT2D eigenvalue weighted by molar-refractivity contribution is 0.332. The molecule has 0 aliphatic carbocycles. The fourth-order valence-electron chi connectivity index (χ4n) is 0.534. The van der Waals surface area contributed by atoms with Gasteiger partial charge in [-0.2, -0.15) is 0 Å². The van der Waals surface area contributed by atoms with E-state index in [0.717, 1.165) is 0 Å². The predicted molar refractivity (Wildman–Crippen MR) is 39.2 cm³/mol. The van der Waals surface area contributed by atoms with Gasteiger partial charge in [0.15, 0.2) is 0 Å². The van der Waals surface area contributed by atoms with Crippen molar-refractivity contribution in [1.29, 1.82) is 0 Å². The highest BCUT2D eigenvalue weighted by Crippen LogP contribution is 2.05. The van der Waals surface area contributed by atoms with E-state index in [1.165, 1.54) is 0 Å². The minimum atomic E-state index is -0.199. The lowest BCUT2D eigenvalue weighted by Gasteiger charge is -2.13. The van der Waals surface area contributed by atoms with Crippen LogP contribution in [0.15, 0.2) is 11.8 Å². The van der Waals surface area contributed by atoms with Crippen LogP contribution in [-0.4, -0.2) is 11.1 Å². The Bertz CT molecular complexity index is 107. The van der Waals surface area contributed by atoms with E-state index in [2.05, 4.69) is 0 Å². The molecule has 0 spiro atoms. The van der Waals surface area contributed by atoms with Gasteiger partial charge in [-0.3, -0.25) is 0 Å². The normalized spacial score (nSPS) is 16.3. The standard InChI is InChI=1S/C7H15NO/c1-4-6(9)7(8)5(2)3/h4-5,7,9H,8H2,1-3H3/b6-4+. The summed E-state index contributed by atoms with van der Waals surface area (Å²) in [6, 6.07) is -0.199. The lowest BCUT2D eigenvalue weighted by Crippen LogP contribution is -2.28. The molecular weight excluding hydrogens is 114 g/mol. The Hall–Kier alpha value is -0.500. The molecule has 0 saturated carbocycles. The highest BCUT2D eigenvalue weighted by atomic mass is 16.3. The van der Waals surface area contributed by atoms with Crippen molar-refractivity contribution < 1.29 is 5.11 Å². The summed E-state index contributed by atoms with van der Waals surface area (Å²) in [5.41, 5.74) is 5.55. The van der Waals surface area contributed by atoms with Crippen molar-refractivity contribution in [1.82, 2.24) is 0 Å². The largest absolute Gasteiger partial charge is 0.511 e. The molecule has 0 aliphatic heterocycles. The Morgan fingerprint density at radius 1 is 1.56 bits per heavy atom. The van der Waals surface area contributed by atoms with Gasteiger partial charge in [-0.1, -0.05) is 13.8 Å². The number of aliphatic hydroxyl groups is 1. The molecule has 0 bridgehead atoms. The Morgan fingerprint density at radius 3 is 2.11 bits per heavy atom. The second-order valence-corrected chi connectivity index (χ2v) is 2.48. The van der Waals surface area contributed by atoms with E-state index in [-0.39, 0.29) is 11.8 Å². The van der Waals surface area contributed by atoms with Crippen molar-refractivity contribution >= 4 is 0 Å². The monoisotopic (exact) mass is 129 g/mol. The van der Waals surface area contributed by atoms with Gasteiger partial charge in [-0.05, 0) is 18.9 Å². The molecule has 0 aromatic rings. The second kappa shape index (κ2) is 3.51. The fraction of sp³-hybridized carbons (Fsp3) is 0.714. The van der Waals surface area contributed by atoms with Gasteiger partial charge in [0.25, 0.3) is 0 Å². The third-order valence-electron chi connectivity index (χ3n) is 1.36. The Morgan fingerprint density at radius 2 is 2.00 bits per heavy atom. The highest BCUT2D eigenvalue weighted by Gasteiger charge is 2.09. The van der Waals surface area contributed by atoms with E-state index in [9.17, 15) is 0 Å². The van der Waals surface area contributed by atoms with Crippen molar-refractivity contribution in [3.63, 3.8) is 0 Å². The molecular formula is C7H15NO. The predicted octanol–water partition coefficient (Wildman–Crippen LogP) is 1.43. The van der Waals surface area contributed by atoms with Gasteiger partial charge >= 0.3 is 0 Å². The van der Waals surface area contributed by atoms with Crippen LogP contribution >= 0.6 is 0 Å². The van der Waals surface area contributed by atoms with Crippen LogP contribution in [0.25, 0.3) is 0 Å². The van der Waals surface area contributed by atoms with Gasteiger partial charge in [0.2, 0.25) is 0 Å². The van der Waals surface area contributed by atoms with Crippen molar-refractivity contribution in [2.24, 2.45) is 11.7 Å². The summed E-state index contributed by atoms with van der Waals surface area (Å²) >= 11 is 0. The summed E-state index contributed by atoms with van der Waals surface area (Å²) in [7, 11) is 0.